The number of anilines is 1. The lowest BCUT2D eigenvalue weighted by molar-refractivity contribution is 0.281. The lowest BCUT2D eigenvalue weighted by Gasteiger charge is -2.22. The number of hydrogen-bond donors (Lipinski definition) is 1. The maximum atomic E-state index is 9.06. The molecular formula is C12H15BrN2O. The first kappa shape index (κ1) is 13.0. The highest BCUT2D eigenvalue weighted by Gasteiger charge is 2.06. The van der Waals surface area contributed by atoms with Crippen LogP contribution < -0.4 is 4.90 Å². The van der Waals surface area contributed by atoms with Crippen molar-refractivity contribution in [2.45, 2.75) is 20.0 Å². The number of rotatable bonds is 5. The van der Waals surface area contributed by atoms with Crippen LogP contribution in [0.1, 0.15) is 18.9 Å². The summed E-state index contributed by atoms with van der Waals surface area (Å²) in [6, 6.07) is 7.99. The molecule has 4 heteroatoms. The topological polar surface area (TPSA) is 47.3 Å². The summed E-state index contributed by atoms with van der Waals surface area (Å²) in [6.07, 6.45) is 0.521. The molecular weight excluding hydrogens is 268 g/mol. The third kappa shape index (κ3) is 3.22. The van der Waals surface area contributed by atoms with E-state index >= 15 is 0 Å². The first-order valence-electron chi connectivity index (χ1n) is 5.24. The van der Waals surface area contributed by atoms with Gasteiger partial charge in [-0.1, -0.05) is 22.0 Å². The van der Waals surface area contributed by atoms with E-state index < -0.39 is 0 Å². The summed E-state index contributed by atoms with van der Waals surface area (Å²) in [6.45, 7) is 3.70. The van der Waals surface area contributed by atoms with Gasteiger partial charge in [0.05, 0.1) is 19.1 Å². The molecule has 1 aromatic carbocycles. The van der Waals surface area contributed by atoms with Gasteiger partial charge in [-0.3, -0.25) is 0 Å². The quantitative estimate of drug-likeness (QED) is 0.903. The third-order valence-corrected chi connectivity index (χ3v) is 3.19. The number of halogens is 1. The molecule has 0 aromatic heterocycles. The number of aliphatic hydroxyl groups is 1. The summed E-state index contributed by atoms with van der Waals surface area (Å²) in [4.78, 5) is 2.13. The van der Waals surface area contributed by atoms with Crippen LogP contribution in [0.2, 0.25) is 0 Å². The second-order valence-corrected chi connectivity index (χ2v) is 4.28. The highest BCUT2D eigenvalue weighted by atomic mass is 79.9. The molecule has 1 rings (SSSR count). The van der Waals surface area contributed by atoms with E-state index in [0.29, 0.717) is 6.42 Å². The summed E-state index contributed by atoms with van der Waals surface area (Å²) in [7, 11) is 0. The Morgan fingerprint density at radius 1 is 1.50 bits per heavy atom. The smallest absolute Gasteiger partial charge is 0.0692 e. The Morgan fingerprint density at radius 3 is 2.75 bits per heavy atom. The fraction of sp³-hybridized carbons (Fsp3) is 0.417. The normalized spacial score (nSPS) is 9.88. The van der Waals surface area contributed by atoms with Crippen molar-refractivity contribution in [1.82, 2.24) is 0 Å². The maximum absolute atomic E-state index is 9.06. The number of nitrogens with zero attached hydrogens (tertiary/aromatic N) is 2. The van der Waals surface area contributed by atoms with Gasteiger partial charge in [0.2, 0.25) is 0 Å². The Labute approximate surface area is 104 Å². The molecule has 0 aliphatic carbocycles. The molecule has 0 atom stereocenters. The Balaban J connectivity index is 2.85. The molecule has 0 aliphatic rings. The first-order valence-corrected chi connectivity index (χ1v) is 6.03. The molecule has 1 aromatic rings. The zero-order valence-electron chi connectivity index (χ0n) is 9.28. The number of nitriles is 1. The summed E-state index contributed by atoms with van der Waals surface area (Å²) in [5.41, 5.74) is 1.95. The number of benzene rings is 1. The van der Waals surface area contributed by atoms with Crippen molar-refractivity contribution >= 4 is 21.6 Å². The van der Waals surface area contributed by atoms with Crippen molar-refractivity contribution in [3.8, 4) is 6.07 Å². The lowest BCUT2D eigenvalue weighted by Crippen LogP contribution is -2.23. The monoisotopic (exact) mass is 282 g/mol. The second-order valence-electron chi connectivity index (χ2n) is 3.42. The summed E-state index contributed by atoms with van der Waals surface area (Å²) in [5.74, 6) is 0. The van der Waals surface area contributed by atoms with Gasteiger partial charge in [-0.2, -0.15) is 5.26 Å². The minimum Gasteiger partial charge on any atom is -0.392 e. The molecule has 0 fully saturated rings. The summed E-state index contributed by atoms with van der Waals surface area (Å²) >= 11 is 3.42. The Hall–Kier alpha value is -1.05. The predicted octanol–water partition coefficient (Wildman–Crippen LogP) is 2.68. The van der Waals surface area contributed by atoms with Crippen LogP contribution in [0.4, 0.5) is 5.69 Å². The Kier molecular flexibility index (Phi) is 5.30. The second kappa shape index (κ2) is 6.51. The molecule has 0 saturated carbocycles. The molecule has 3 nitrogen and oxygen atoms in total. The number of hydrogen-bond acceptors (Lipinski definition) is 3. The predicted molar refractivity (Wildman–Crippen MR) is 68.2 cm³/mol. The van der Waals surface area contributed by atoms with E-state index in [1.165, 1.54) is 0 Å². The molecule has 0 spiro atoms. The molecule has 16 heavy (non-hydrogen) atoms. The molecule has 0 aliphatic heterocycles. The summed E-state index contributed by atoms with van der Waals surface area (Å²) in [5, 5.41) is 17.6. The van der Waals surface area contributed by atoms with E-state index in [4.69, 9.17) is 10.4 Å². The van der Waals surface area contributed by atoms with Crippen LogP contribution >= 0.6 is 15.9 Å². The molecule has 0 bridgehead atoms. The van der Waals surface area contributed by atoms with E-state index in [-0.39, 0.29) is 6.61 Å². The largest absolute Gasteiger partial charge is 0.392 e. The van der Waals surface area contributed by atoms with E-state index in [9.17, 15) is 0 Å². The van der Waals surface area contributed by atoms with Crippen molar-refractivity contribution in [3.63, 3.8) is 0 Å². The van der Waals surface area contributed by atoms with Crippen LogP contribution in [0.5, 0.6) is 0 Å². The van der Waals surface area contributed by atoms with E-state index in [0.717, 1.165) is 28.8 Å². The molecule has 0 heterocycles. The van der Waals surface area contributed by atoms with Gasteiger partial charge in [-0.25, -0.2) is 0 Å². The fourth-order valence-corrected chi connectivity index (χ4v) is 2.01. The average molecular weight is 283 g/mol. The molecule has 86 valence electrons. The summed E-state index contributed by atoms with van der Waals surface area (Å²) < 4.78 is 0.905. The first-order chi connectivity index (χ1) is 7.72. The van der Waals surface area contributed by atoms with Crippen molar-refractivity contribution in [3.05, 3.63) is 28.2 Å². The highest BCUT2D eigenvalue weighted by molar-refractivity contribution is 9.10. The van der Waals surface area contributed by atoms with Gasteiger partial charge in [0.25, 0.3) is 0 Å². The standard InChI is InChI=1S/C12H15BrN2O/c1-2-15(7-3-6-14)11-5-4-10(9-16)12(13)8-11/h4-5,8,16H,2-3,7,9H2,1H3. The minimum absolute atomic E-state index is 0.0329. The van der Waals surface area contributed by atoms with Gasteiger partial charge in [0.1, 0.15) is 0 Å². The van der Waals surface area contributed by atoms with Gasteiger partial charge in [0.15, 0.2) is 0 Å². The van der Waals surface area contributed by atoms with Crippen LogP contribution in [0, 0.1) is 11.3 Å². The molecule has 1 N–H and O–H groups in total. The van der Waals surface area contributed by atoms with Crippen molar-refractivity contribution in [2.24, 2.45) is 0 Å². The van der Waals surface area contributed by atoms with Gasteiger partial charge < -0.3 is 10.0 Å². The highest BCUT2D eigenvalue weighted by Crippen LogP contribution is 2.24. The Morgan fingerprint density at radius 2 is 2.25 bits per heavy atom. The lowest BCUT2D eigenvalue weighted by atomic mass is 10.2. The van der Waals surface area contributed by atoms with E-state index in [2.05, 4.69) is 33.8 Å². The molecule has 0 amide bonds. The van der Waals surface area contributed by atoms with Crippen molar-refractivity contribution in [2.75, 3.05) is 18.0 Å². The van der Waals surface area contributed by atoms with E-state index in [1.807, 2.05) is 18.2 Å². The van der Waals surface area contributed by atoms with Crippen molar-refractivity contribution in [1.29, 1.82) is 5.26 Å². The van der Waals surface area contributed by atoms with Crippen LogP contribution in [0.25, 0.3) is 0 Å². The van der Waals surface area contributed by atoms with Crippen LogP contribution in [0.3, 0.4) is 0 Å². The van der Waals surface area contributed by atoms with Crippen LogP contribution in [0.15, 0.2) is 22.7 Å². The van der Waals surface area contributed by atoms with Gasteiger partial charge >= 0.3 is 0 Å². The zero-order valence-corrected chi connectivity index (χ0v) is 10.9. The third-order valence-electron chi connectivity index (χ3n) is 2.45. The van der Waals surface area contributed by atoms with Gasteiger partial charge in [0, 0.05) is 23.2 Å². The molecule has 0 radical (unpaired) electrons. The van der Waals surface area contributed by atoms with Crippen LogP contribution in [-0.2, 0) is 6.61 Å². The van der Waals surface area contributed by atoms with Crippen molar-refractivity contribution < 1.29 is 5.11 Å². The van der Waals surface area contributed by atoms with E-state index in [1.54, 1.807) is 0 Å². The fourth-order valence-electron chi connectivity index (χ4n) is 1.52. The SMILES string of the molecule is CCN(CCC#N)c1ccc(CO)c(Br)c1. The van der Waals surface area contributed by atoms with Gasteiger partial charge in [-0.05, 0) is 24.6 Å². The van der Waals surface area contributed by atoms with Crippen LogP contribution in [-0.4, -0.2) is 18.2 Å². The van der Waals surface area contributed by atoms with Gasteiger partial charge in [-0.15, -0.1) is 0 Å². The zero-order chi connectivity index (χ0) is 12.0. The molecule has 0 unspecified atom stereocenters. The maximum Gasteiger partial charge on any atom is 0.0692 e. The minimum atomic E-state index is 0.0329. The average Bonchev–Trinajstić information content (AvgIpc) is 2.30. The molecule has 0 saturated heterocycles. The Bertz CT molecular complexity index is 387. The number of aliphatic hydroxyl groups excluding tert-OH is 1.